The molecule has 8 aromatic rings. The van der Waals surface area contributed by atoms with Gasteiger partial charge >= 0.3 is 0 Å². The van der Waals surface area contributed by atoms with Gasteiger partial charge in [0, 0.05) is 60.9 Å². The number of nitrogens with zero attached hydrogens (tertiary/aromatic N) is 7. The summed E-state index contributed by atoms with van der Waals surface area (Å²) >= 11 is 2.95. The van der Waals surface area contributed by atoms with Crippen LogP contribution in [0.1, 0.15) is 152 Å². The Kier molecular flexibility index (Phi) is 18.6. The van der Waals surface area contributed by atoms with Gasteiger partial charge in [0.15, 0.2) is 5.13 Å². The van der Waals surface area contributed by atoms with E-state index in [-0.39, 0.29) is 67.6 Å². The summed E-state index contributed by atoms with van der Waals surface area (Å²) in [7, 11) is -4.55. The minimum atomic E-state index is -4.55. The number of aliphatic hydroxyl groups excluding tert-OH is 1. The number of hydrogen-bond acceptors (Lipinski definition) is 16. The number of rotatable bonds is 17. The Labute approximate surface area is 549 Å². The number of β-amino-alcohol motifs (C(OH)–C–C–N with tert-alkyl or cyclic N) is 1. The standard InChI is InChI=1S/C70H79N11O9S3/c1-41(45-19-21-47(22-20-45)61-42(2)71-40-91-61)73-65(85)57-35-50(82)38-80(57)67(87)62(69(4,5)6)76-63(83)48-29-32-70(88,33-30-48)49-23-25-51(26-24-49)93(89,90)78-66(86)60-52(54-36-72-81(43(54)3)37-44-13-8-7-9-14-44)27-28-59(75-60)79-34-31-46-15-12-16-53(55(46)39-79)64(84)77-68-74-56-17-10-11-18-58(56)92-68/h10-12,15-28,36,40-41,44,48,50,57,62,82,88H,7-9,13-14,29-35,37-39H2,1-6H3,(H,73,85)(H,76,83)(H,78,86)(H,74,77,84)/t41-,48?,50+,57-,62+,70?/m0/s1. The van der Waals surface area contributed by atoms with E-state index >= 15 is 0 Å². The number of aryl methyl sites for hydroxylation is 1. The number of sulfonamides is 1. The number of benzene rings is 4. The molecular formula is C70H79N11O9S3. The van der Waals surface area contributed by atoms with Crippen molar-refractivity contribution >= 4 is 83.4 Å². The maximum absolute atomic E-state index is 14.8. The van der Waals surface area contributed by atoms with E-state index in [0.717, 1.165) is 68.1 Å². The molecule has 4 aromatic carbocycles. The van der Waals surface area contributed by atoms with Crippen LogP contribution in [0.5, 0.6) is 0 Å². The number of pyridine rings is 1. The molecule has 23 heteroatoms. The lowest BCUT2D eigenvalue weighted by atomic mass is 9.74. The average Bonchev–Trinajstić information content (AvgIpc) is 1.60. The molecule has 1 saturated heterocycles. The molecule has 4 aromatic heterocycles. The van der Waals surface area contributed by atoms with Gasteiger partial charge in [-0.2, -0.15) is 5.10 Å². The van der Waals surface area contributed by atoms with Crippen molar-refractivity contribution in [1.82, 2.24) is 45.0 Å². The van der Waals surface area contributed by atoms with Crippen molar-refractivity contribution in [2.24, 2.45) is 17.3 Å². The zero-order chi connectivity index (χ0) is 65.5. The number of fused-ring (bicyclic) bond motifs is 2. The van der Waals surface area contributed by atoms with Crippen molar-refractivity contribution in [3.8, 4) is 21.6 Å². The zero-order valence-electron chi connectivity index (χ0n) is 53.1. The number of thiazole rings is 2. The van der Waals surface area contributed by atoms with Gasteiger partial charge < -0.3 is 30.6 Å². The van der Waals surface area contributed by atoms with Crippen LogP contribution in [0, 0.1) is 31.1 Å². The monoisotopic (exact) mass is 1310 g/mol. The first-order valence-electron chi connectivity index (χ1n) is 32.1. The van der Waals surface area contributed by atoms with Crippen molar-refractivity contribution in [2.75, 3.05) is 23.3 Å². The summed E-state index contributed by atoms with van der Waals surface area (Å²) < 4.78 is 33.9. The molecule has 486 valence electrons. The highest BCUT2D eigenvalue weighted by atomic mass is 32.2. The minimum absolute atomic E-state index is 0.0395. The van der Waals surface area contributed by atoms with Crippen LogP contribution in [-0.4, -0.2) is 109 Å². The molecule has 20 nitrogen and oxygen atoms in total. The number of carbonyl (C=O) groups is 5. The molecule has 3 fully saturated rings. The number of anilines is 2. The predicted molar refractivity (Wildman–Crippen MR) is 359 cm³/mol. The van der Waals surface area contributed by atoms with Crippen molar-refractivity contribution in [2.45, 2.75) is 160 Å². The molecule has 6 N–H and O–H groups in total. The molecule has 6 heterocycles. The van der Waals surface area contributed by atoms with Crippen LogP contribution in [0.15, 0.2) is 120 Å². The van der Waals surface area contributed by atoms with Gasteiger partial charge in [0.05, 0.1) is 55.1 Å². The van der Waals surface area contributed by atoms with Crippen LogP contribution >= 0.6 is 22.7 Å². The number of hydrogen-bond donors (Lipinski definition) is 6. The second-order valence-corrected chi connectivity index (χ2v) is 30.1. The van der Waals surface area contributed by atoms with E-state index in [0.29, 0.717) is 52.1 Å². The second-order valence-electron chi connectivity index (χ2n) is 26.5. The first-order chi connectivity index (χ1) is 44.5. The molecule has 2 aliphatic carbocycles. The third-order valence-electron chi connectivity index (χ3n) is 19.2. The van der Waals surface area contributed by atoms with Crippen LogP contribution in [0.4, 0.5) is 10.9 Å². The van der Waals surface area contributed by atoms with E-state index in [2.05, 4.69) is 30.6 Å². The van der Waals surface area contributed by atoms with Gasteiger partial charge in [-0.3, -0.25) is 34.0 Å². The molecule has 0 spiro atoms. The van der Waals surface area contributed by atoms with Crippen LogP contribution in [-0.2, 0) is 49.5 Å². The summed E-state index contributed by atoms with van der Waals surface area (Å²) in [6.45, 7) is 12.7. The van der Waals surface area contributed by atoms with Gasteiger partial charge in [-0.15, -0.1) is 11.3 Å². The van der Waals surface area contributed by atoms with Gasteiger partial charge in [-0.25, -0.2) is 28.1 Å². The number of likely N-dealkylation sites (tertiary alicyclic amines) is 1. The Morgan fingerprint density at radius 1 is 0.817 bits per heavy atom. The van der Waals surface area contributed by atoms with Crippen LogP contribution < -0.4 is 25.6 Å². The average molecular weight is 1310 g/mol. The molecule has 4 aliphatic rings. The number of aromatic nitrogens is 5. The number of carbonyl (C=O) groups excluding carboxylic acids is 5. The number of para-hydroxylation sites is 1. The SMILES string of the molecule is Cc1ncsc1-c1ccc([C@H](C)NC(=O)[C@@H]2C[C@@H](O)CN2C(=O)[C@@H](NC(=O)C2CCC(O)(c3ccc(S(=O)(=O)NC(=O)c4nc(N5CCc6cccc(C(=O)Nc7nc8ccccc8s7)c6C5)ccc4-c4cnn(CC5CCCCC5)c4C)cc3)CC2)C(C)(C)C)cc1. The van der Waals surface area contributed by atoms with Gasteiger partial charge in [0.25, 0.3) is 21.8 Å². The maximum Gasteiger partial charge on any atom is 0.284 e. The highest BCUT2D eigenvalue weighted by molar-refractivity contribution is 7.90. The van der Waals surface area contributed by atoms with E-state index < -0.39 is 68.9 Å². The summed E-state index contributed by atoms with van der Waals surface area (Å²) in [5.74, 6) is -2.22. The Morgan fingerprint density at radius 3 is 2.27 bits per heavy atom. The molecule has 5 amide bonds. The largest absolute Gasteiger partial charge is 0.391 e. The van der Waals surface area contributed by atoms with Crippen molar-refractivity contribution in [3.63, 3.8) is 0 Å². The summed E-state index contributed by atoms with van der Waals surface area (Å²) in [6, 6.07) is 28.1. The summed E-state index contributed by atoms with van der Waals surface area (Å²) in [5.41, 5.74) is 7.66. The first kappa shape index (κ1) is 64.9. The summed E-state index contributed by atoms with van der Waals surface area (Å²) in [5, 5.41) is 37.3. The topological polar surface area (TPSA) is 271 Å². The summed E-state index contributed by atoms with van der Waals surface area (Å²) in [6.07, 6.45) is 7.93. The zero-order valence-corrected chi connectivity index (χ0v) is 55.6. The molecular weight excluding hydrogens is 1240 g/mol. The molecule has 0 unspecified atom stereocenters. The third kappa shape index (κ3) is 13.9. The number of nitrogens with one attached hydrogen (secondary N) is 4. The highest BCUT2D eigenvalue weighted by Crippen LogP contribution is 2.41. The van der Waals surface area contributed by atoms with Crippen LogP contribution in [0.2, 0.25) is 0 Å². The lowest BCUT2D eigenvalue weighted by Gasteiger charge is -2.39. The van der Waals surface area contributed by atoms with Crippen molar-refractivity contribution in [3.05, 3.63) is 160 Å². The lowest BCUT2D eigenvalue weighted by molar-refractivity contribution is -0.145. The lowest BCUT2D eigenvalue weighted by Crippen LogP contribution is -2.58. The summed E-state index contributed by atoms with van der Waals surface area (Å²) in [4.78, 5) is 89.5. The van der Waals surface area contributed by atoms with E-state index in [1.54, 1.807) is 35.2 Å². The molecule has 0 bridgehead atoms. The van der Waals surface area contributed by atoms with Crippen LogP contribution in [0.3, 0.4) is 0 Å². The van der Waals surface area contributed by atoms with Gasteiger partial charge in [0.2, 0.25) is 17.7 Å². The van der Waals surface area contributed by atoms with Crippen LogP contribution in [0.25, 0.3) is 31.8 Å². The Hall–Kier alpha value is -8.22. The fourth-order valence-electron chi connectivity index (χ4n) is 13.7. The molecule has 2 saturated carbocycles. The van der Waals surface area contributed by atoms with Gasteiger partial charge in [0.1, 0.15) is 23.6 Å². The fraction of sp³-hybridized carbons (Fsp3) is 0.414. The first-order valence-corrected chi connectivity index (χ1v) is 35.2. The number of amides is 5. The van der Waals surface area contributed by atoms with E-state index in [1.165, 1.54) is 59.8 Å². The molecule has 0 radical (unpaired) electrons. The predicted octanol–water partition coefficient (Wildman–Crippen LogP) is 10.6. The van der Waals surface area contributed by atoms with Crippen molar-refractivity contribution in [1.29, 1.82) is 0 Å². The fourth-order valence-corrected chi connectivity index (χ4v) is 16.3. The minimum Gasteiger partial charge on any atom is -0.391 e. The second kappa shape index (κ2) is 26.6. The Morgan fingerprint density at radius 2 is 1.56 bits per heavy atom. The van der Waals surface area contributed by atoms with Crippen molar-refractivity contribution < 1.29 is 42.6 Å². The molecule has 93 heavy (non-hydrogen) atoms. The van der Waals surface area contributed by atoms with E-state index in [1.807, 2.05) is 118 Å². The van der Waals surface area contributed by atoms with Gasteiger partial charge in [-0.05, 0) is 147 Å². The quantitative estimate of drug-likeness (QED) is 0.0495. The smallest absolute Gasteiger partial charge is 0.284 e. The maximum atomic E-state index is 14.8. The van der Waals surface area contributed by atoms with E-state index in [4.69, 9.17) is 10.1 Å². The van der Waals surface area contributed by atoms with Gasteiger partial charge in [-0.1, -0.05) is 112 Å². The normalized spacial score (nSPS) is 20.2. The Balaban J connectivity index is 0.711. The third-order valence-corrected chi connectivity index (χ3v) is 22.4. The van der Waals surface area contributed by atoms with E-state index in [9.17, 15) is 42.6 Å². The Bertz CT molecular complexity index is 4210. The molecule has 2 aliphatic heterocycles. The molecule has 4 atom stereocenters. The number of aliphatic hydroxyl groups is 2. The molecule has 12 rings (SSSR count). The highest BCUT2D eigenvalue weighted by Gasteiger charge is 2.46.